The molecule has 33 heavy (non-hydrogen) atoms. The number of aromatic amines is 1. The van der Waals surface area contributed by atoms with E-state index in [1.807, 2.05) is 0 Å². The molecule has 0 unspecified atom stereocenters. The summed E-state index contributed by atoms with van der Waals surface area (Å²) in [6, 6.07) is 5.78. The summed E-state index contributed by atoms with van der Waals surface area (Å²) < 4.78 is 11.7. The average molecular weight is 458 g/mol. The number of aliphatic hydroxyl groups excluding tert-OH is 3. The van der Waals surface area contributed by atoms with Gasteiger partial charge in [-0.3, -0.25) is 9.69 Å². The van der Waals surface area contributed by atoms with Gasteiger partial charge in [0.2, 0.25) is 5.91 Å². The van der Waals surface area contributed by atoms with Gasteiger partial charge in [0.1, 0.15) is 24.4 Å². The van der Waals surface area contributed by atoms with Crippen molar-refractivity contribution in [3.63, 3.8) is 0 Å². The summed E-state index contributed by atoms with van der Waals surface area (Å²) in [6.07, 6.45) is 0.707. The number of aromatic nitrogens is 1. The number of hydrogen-bond donors (Lipinski definition) is 5. The van der Waals surface area contributed by atoms with E-state index >= 15 is 0 Å². The van der Waals surface area contributed by atoms with Crippen molar-refractivity contribution >= 4 is 16.8 Å². The third-order valence-corrected chi connectivity index (χ3v) is 7.14. The Balaban J connectivity index is 1.37. The first-order valence-corrected chi connectivity index (χ1v) is 11.4. The number of ether oxygens (including phenoxy) is 2. The molecule has 2 aliphatic heterocycles. The Morgan fingerprint density at radius 3 is 2.91 bits per heavy atom. The Bertz CT molecular complexity index is 1070. The molecule has 5 rings (SSSR count). The number of carbonyl (C=O) groups is 1. The number of nitrogens with one attached hydrogen (secondary N) is 2. The van der Waals surface area contributed by atoms with Gasteiger partial charge in [-0.05, 0) is 36.2 Å². The number of rotatable bonds is 5. The average Bonchev–Trinajstić information content (AvgIpc) is 3.21. The van der Waals surface area contributed by atoms with E-state index in [0.717, 1.165) is 24.1 Å². The molecule has 1 aliphatic carbocycles. The van der Waals surface area contributed by atoms with Crippen LogP contribution in [0.4, 0.5) is 0 Å². The topological polar surface area (TPSA) is 127 Å². The van der Waals surface area contributed by atoms with E-state index in [9.17, 15) is 20.1 Å². The maximum atomic E-state index is 11.7. The molecule has 1 aromatic carbocycles. The normalized spacial score (nSPS) is 34.1. The van der Waals surface area contributed by atoms with E-state index in [2.05, 4.69) is 52.7 Å². The Kier molecular flexibility index (Phi) is 6.02. The summed E-state index contributed by atoms with van der Waals surface area (Å²) >= 11 is 0. The second-order valence-electron chi connectivity index (χ2n) is 9.36. The number of aliphatic hydroxyl groups is 3. The summed E-state index contributed by atoms with van der Waals surface area (Å²) in [5, 5.41) is 34.1. The standard InChI is InChI=1S/C24H31N3O6/c1-12(29)26-21-23(31)22(30)19(10-28)33-24(21)32-11-13-6-16-15-4-3-5-17-20(15)14(8-25-17)7-18(16)27(2)9-13/h3-6,8,16,18-19,21-25,28,30-31H,7,9-11H2,1-2H3,(H,26,29)/t16-,18-,19-,21-,22-,23-,24-/m1/s1. The lowest BCUT2D eigenvalue weighted by atomic mass is 9.77. The first kappa shape index (κ1) is 22.5. The van der Waals surface area contributed by atoms with E-state index in [0.29, 0.717) is 6.04 Å². The van der Waals surface area contributed by atoms with Crippen LogP contribution < -0.4 is 5.32 Å². The van der Waals surface area contributed by atoms with E-state index in [1.165, 1.54) is 23.4 Å². The molecule has 1 amide bonds. The van der Waals surface area contributed by atoms with Crippen LogP contribution in [0, 0.1) is 0 Å². The van der Waals surface area contributed by atoms with Crippen LogP contribution in [0.15, 0.2) is 36.0 Å². The Morgan fingerprint density at radius 2 is 2.15 bits per heavy atom. The number of fused-ring (bicyclic) bond motifs is 2. The number of benzene rings is 1. The monoisotopic (exact) mass is 457 g/mol. The molecule has 1 fully saturated rings. The second-order valence-corrected chi connectivity index (χ2v) is 9.36. The van der Waals surface area contributed by atoms with Crippen LogP contribution >= 0.6 is 0 Å². The fourth-order valence-corrected chi connectivity index (χ4v) is 5.56. The summed E-state index contributed by atoms with van der Waals surface area (Å²) in [7, 11) is 2.11. The first-order valence-electron chi connectivity index (χ1n) is 11.4. The Hall–Kier alpha value is -2.27. The lowest BCUT2D eigenvalue weighted by Gasteiger charge is -2.43. The second kappa shape index (κ2) is 8.83. The third kappa shape index (κ3) is 3.99. The van der Waals surface area contributed by atoms with Crippen molar-refractivity contribution in [1.29, 1.82) is 0 Å². The molecule has 0 bridgehead atoms. The molecule has 9 nitrogen and oxygen atoms in total. The highest BCUT2D eigenvalue weighted by molar-refractivity contribution is 5.88. The highest BCUT2D eigenvalue weighted by atomic mass is 16.7. The van der Waals surface area contributed by atoms with E-state index in [1.54, 1.807) is 0 Å². The Labute approximate surface area is 192 Å². The van der Waals surface area contributed by atoms with Crippen molar-refractivity contribution in [3.05, 3.63) is 47.2 Å². The van der Waals surface area contributed by atoms with Crippen molar-refractivity contribution in [1.82, 2.24) is 15.2 Å². The number of nitrogens with zero attached hydrogens (tertiary/aromatic N) is 1. The SMILES string of the molecule is CC(=O)N[C@H]1[C@H](OCC2=C[C@@H]3c4cccc5[nH]cc(c45)C[C@H]3N(C)C2)O[C@H](CO)[C@@H](O)[C@@H]1O. The maximum absolute atomic E-state index is 11.7. The fourth-order valence-electron chi connectivity index (χ4n) is 5.56. The molecular formula is C24H31N3O6. The van der Waals surface area contributed by atoms with Gasteiger partial charge in [0, 0.05) is 42.5 Å². The molecule has 2 aromatic rings. The first-order chi connectivity index (χ1) is 15.9. The molecule has 0 saturated carbocycles. The van der Waals surface area contributed by atoms with Gasteiger partial charge in [0.15, 0.2) is 6.29 Å². The van der Waals surface area contributed by atoms with Crippen LogP contribution in [0.1, 0.15) is 24.0 Å². The van der Waals surface area contributed by atoms with Crippen LogP contribution in [-0.4, -0.2) is 94.6 Å². The van der Waals surface area contributed by atoms with Crippen molar-refractivity contribution in [2.45, 2.75) is 55.9 Å². The summed E-state index contributed by atoms with van der Waals surface area (Å²) in [5.41, 5.74) is 4.86. The van der Waals surface area contributed by atoms with Crippen molar-refractivity contribution in [2.75, 3.05) is 26.8 Å². The van der Waals surface area contributed by atoms with Crippen LogP contribution in [-0.2, 0) is 20.7 Å². The van der Waals surface area contributed by atoms with Gasteiger partial charge < -0.3 is 35.1 Å². The molecule has 0 radical (unpaired) electrons. The molecule has 0 spiro atoms. The zero-order valence-corrected chi connectivity index (χ0v) is 18.8. The number of hydrogen-bond acceptors (Lipinski definition) is 7. The van der Waals surface area contributed by atoms with Gasteiger partial charge in [-0.25, -0.2) is 0 Å². The van der Waals surface area contributed by atoms with Gasteiger partial charge in [-0.1, -0.05) is 18.2 Å². The van der Waals surface area contributed by atoms with Crippen LogP contribution in [0.5, 0.6) is 0 Å². The zero-order chi connectivity index (χ0) is 23.3. The van der Waals surface area contributed by atoms with E-state index in [-0.39, 0.29) is 18.4 Å². The van der Waals surface area contributed by atoms with E-state index in [4.69, 9.17) is 9.47 Å². The molecule has 9 heteroatoms. The molecule has 1 saturated heterocycles. The van der Waals surface area contributed by atoms with Crippen molar-refractivity contribution in [3.8, 4) is 0 Å². The highest BCUT2D eigenvalue weighted by Gasteiger charge is 2.45. The molecule has 178 valence electrons. The number of likely N-dealkylation sites (N-methyl/N-ethyl adjacent to an activating group) is 1. The lowest BCUT2D eigenvalue weighted by molar-refractivity contribution is -0.268. The predicted molar refractivity (Wildman–Crippen MR) is 121 cm³/mol. The Morgan fingerprint density at radius 1 is 1.33 bits per heavy atom. The minimum absolute atomic E-state index is 0.227. The van der Waals surface area contributed by atoms with Crippen LogP contribution in [0.2, 0.25) is 0 Å². The minimum Gasteiger partial charge on any atom is -0.394 e. The molecule has 1 aromatic heterocycles. The molecule has 7 atom stereocenters. The maximum Gasteiger partial charge on any atom is 0.217 e. The summed E-state index contributed by atoms with van der Waals surface area (Å²) in [4.78, 5) is 17.4. The van der Waals surface area contributed by atoms with Gasteiger partial charge in [-0.2, -0.15) is 0 Å². The predicted octanol–water partition coefficient (Wildman–Crippen LogP) is 0.00830. The quantitative estimate of drug-likeness (QED) is 0.400. The molecule has 3 heterocycles. The zero-order valence-electron chi connectivity index (χ0n) is 18.8. The molecule has 5 N–H and O–H groups in total. The largest absolute Gasteiger partial charge is 0.394 e. The lowest BCUT2D eigenvalue weighted by Crippen LogP contribution is -2.64. The van der Waals surface area contributed by atoms with Crippen molar-refractivity contribution < 1.29 is 29.6 Å². The minimum atomic E-state index is -1.33. The number of H-pyrrole nitrogens is 1. The van der Waals surface area contributed by atoms with Gasteiger partial charge in [0.25, 0.3) is 0 Å². The van der Waals surface area contributed by atoms with Crippen LogP contribution in [0.25, 0.3) is 10.9 Å². The van der Waals surface area contributed by atoms with E-state index < -0.39 is 37.3 Å². The van der Waals surface area contributed by atoms with Gasteiger partial charge in [0.05, 0.1) is 13.2 Å². The molecular weight excluding hydrogens is 426 g/mol. The van der Waals surface area contributed by atoms with Gasteiger partial charge in [-0.15, -0.1) is 0 Å². The van der Waals surface area contributed by atoms with Gasteiger partial charge >= 0.3 is 0 Å². The molecule has 3 aliphatic rings. The smallest absolute Gasteiger partial charge is 0.217 e. The highest BCUT2D eigenvalue weighted by Crippen LogP contribution is 2.41. The number of amides is 1. The van der Waals surface area contributed by atoms with Crippen molar-refractivity contribution in [2.24, 2.45) is 0 Å². The summed E-state index contributed by atoms with van der Waals surface area (Å²) in [5.74, 6) is -0.145. The summed E-state index contributed by atoms with van der Waals surface area (Å²) in [6.45, 7) is 1.82. The third-order valence-electron chi connectivity index (χ3n) is 7.14. The van der Waals surface area contributed by atoms with Crippen LogP contribution in [0.3, 0.4) is 0 Å². The fraction of sp³-hybridized carbons (Fsp3) is 0.542. The number of carbonyl (C=O) groups excluding carboxylic acids is 1.